The number of cyclic esters (lactones) is 1. The third-order valence-electron chi connectivity index (χ3n) is 4.95. The highest BCUT2D eigenvalue weighted by molar-refractivity contribution is 5.77. The van der Waals surface area contributed by atoms with E-state index in [1.165, 1.54) is 5.56 Å². The quantitative estimate of drug-likeness (QED) is 0.857. The molecule has 2 aliphatic heterocycles. The summed E-state index contributed by atoms with van der Waals surface area (Å²) >= 11 is 0. The smallest absolute Gasteiger partial charge is 0.409 e. The molecular weight excluding hydrogens is 292 g/mol. The molecule has 5 nitrogen and oxygen atoms in total. The Morgan fingerprint density at radius 2 is 1.87 bits per heavy atom. The molecule has 1 aromatic carbocycles. The predicted octanol–water partition coefficient (Wildman–Crippen LogP) is 2.41. The SMILES string of the molecule is C[C@]1(c2ccccc2)CCC(=O)N(CCN2CCCOC2=O)C1. The van der Waals surface area contributed by atoms with Crippen molar-refractivity contribution in [3.63, 3.8) is 0 Å². The van der Waals surface area contributed by atoms with Crippen LogP contribution < -0.4 is 0 Å². The number of carbonyl (C=O) groups excluding carboxylic acids is 2. The van der Waals surface area contributed by atoms with E-state index in [1.807, 2.05) is 23.1 Å². The van der Waals surface area contributed by atoms with Gasteiger partial charge in [-0.2, -0.15) is 0 Å². The highest BCUT2D eigenvalue weighted by atomic mass is 16.6. The van der Waals surface area contributed by atoms with Crippen LogP contribution in [0.5, 0.6) is 0 Å². The van der Waals surface area contributed by atoms with Crippen LogP contribution in [0.1, 0.15) is 31.7 Å². The Bertz CT molecular complexity index is 575. The van der Waals surface area contributed by atoms with Gasteiger partial charge in [0.15, 0.2) is 0 Å². The summed E-state index contributed by atoms with van der Waals surface area (Å²) in [6.07, 6.45) is 2.04. The number of ether oxygens (including phenoxy) is 1. The fraction of sp³-hybridized carbons (Fsp3) is 0.556. The van der Waals surface area contributed by atoms with Crippen molar-refractivity contribution >= 4 is 12.0 Å². The summed E-state index contributed by atoms with van der Waals surface area (Å²) in [5.74, 6) is 0.184. The molecule has 0 spiro atoms. The number of rotatable bonds is 4. The molecular formula is C18H24N2O3. The van der Waals surface area contributed by atoms with E-state index >= 15 is 0 Å². The molecule has 1 atom stereocenters. The first-order chi connectivity index (χ1) is 11.1. The van der Waals surface area contributed by atoms with Crippen LogP contribution in [0, 0.1) is 0 Å². The van der Waals surface area contributed by atoms with Gasteiger partial charge in [-0.1, -0.05) is 37.3 Å². The number of likely N-dealkylation sites (tertiary alicyclic amines) is 1. The van der Waals surface area contributed by atoms with Gasteiger partial charge in [0.1, 0.15) is 0 Å². The molecule has 1 aromatic rings. The Morgan fingerprint density at radius 3 is 2.61 bits per heavy atom. The minimum Gasteiger partial charge on any atom is -0.449 e. The van der Waals surface area contributed by atoms with Crippen LogP contribution in [-0.2, 0) is 14.9 Å². The summed E-state index contributed by atoms with van der Waals surface area (Å²) in [4.78, 5) is 27.6. The minimum absolute atomic E-state index is 0.0163. The molecule has 0 aliphatic carbocycles. The summed E-state index contributed by atoms with van der Waals surface area (Å²) in [6.45, 7) is 5.28. The Kier molecular flexibility index (Phi) is 4.55. The van der Waals surface area contributed by atoms with E-state index in [2.05, 4.69) is 19.1 Å². The third-order valence-corrected chi connectivity index (χ3v) is 4.95. The fourth-order valence-electron chi connectivity index (χ4n) is 3.45. The highest BCUT2D eigenvalue weighted by Crippen LogP contribution is 2.33. The van der Waals surface area contributed by atoms with Crippen LogP contribution in [0.2, 0.25) is 0 Å². The zero-order chi connectivity index (χ0) is 16.3. The van der Waals surface area contributed by atoms with Crippen molar-refractivity contribution in [3.05, 3.63) is 35.9 Å². The maximum atomic E-state index is 12.3. The van der Waals surface area contributed by atoms with E-state index in [0.717, 1.165) is 19.4 Å². The van der Waals surface area contributed by atoms with Crippen molar-refractivity contribution in [2.75, 3.05) is 32.8 Å². The number of piperidine rings is 1. The van der Waals surface area contributed by atoms with E-state index in [1.54, 1.807) is 4.90 Å². The van der Waals surface area contributed by atoms with Gasteiger partial charge in [0.25, 0.3) is 0 Å². The van der Waals surface area contributed by atoms with E-state index < -0.39 is 0 Å². The molecule has 0 saturated carbocycles. The van der Waals surface area contributed by atoms with Gasteiger partial charge in [-0.3, -0.25) is 4.79 Å². The molecule has 2 amide bonds. The van der Waals surface area contributed by atoms with E-state index in [-0.39, 0.29) is 17.4 Å². The Morgan fingerprint density at radius 1 is 1.13 bits per heavy atom. The first-order valence-electron chi connectivity index (χ1n) is 8.33. The molecule has 0 unspecified atom stereocenters. The van der Waals surface area contributed by atoms with Crippen LogP contribution in [0.25, 0.3) is 0 Å². The lowest BCUT2D eigenvalue weighted by atomic mass is 9.76. The van der Waals surface area contributed by atoms with Crippen molar-refractivity contribution in [2.24, 2.45) is 0 Å². The topological polar surface area (TPSA) is 49.9 Å². The largest absolute Gasteiger partial charge is 0.449 e. The number of amides is 2. The van der Waals surface area contributed by atoms with Gasteiger partial charge in [-0.05, 0) is 18.4 Å². The number of hydrogen-bond donors (Lipinski definition) is 0. The molecule has 0 radical (unpaired) electrons. The van der Waals surface area contributed by atoms with Gasteiger partial charge in [0, 0.05) is 38.0 Å². The lowest BCUT2D eigenvalue weighted by Gasteiger charge is -2.41. The normalized spacial score (nSPS) is 25.4. The molecule has 0 bridgehead atoms. The molecule has 2 heterocycles. The third kappa shape index (κ3) is 3.49. The molecule has 2 saturated heterocycles. The molecule has 3 rings (SSSR count). The molecule has 0 N–H and O–H groups in total. The second-order valence-electron chi connectivity index (χ2n) is 6.70. The Hall–Kier alpha value is -2.04. The van der Waals surface area contributed by atoms with E-state index in [0.29, 0.717) is 32.7 Å². The van der Waals surface area contributed by atoms with Crippen LogP contribution in [0.15, 0.2) is 30.3 Å². The standard InChI is InChI=1S/C18H24N2O3/c1-18(15-6-3-2-4-7-15)9-8-16(21)20(14-18)12-11-19-10-5-13-23-17(19)22/h2-4,6-7H,5,8-14H2,1H3/t18-/m0/s1. The van der Waals surface area contributed by atoms with Crippen LogP contribution in [0.4, 0.5) is 4.79 Å². The van der Waals surface area contributed by atoms with Crippen molar-refractivity contribution in [2.45, 2.75) is 31.6 Å². The van der Waals surface area contributed by atoms with Crippen molar-refractivity contribution < 1.29 is 14.3 Å². The second kappa shape index (κ2) is 6.60. The van der Waals surface area contributed by atoms with Gasteiger partial charge < -0.3 is 14.5 Å². The summed E-state index contributed by atoms with van der Waals surface area (Å²) in [5.41, 5.74) is 1.26. The number of benzene rings is 1. The Balaban J connectivity index is 1.64. The first-order valence-corrected chi connectivity index (χ1v) is 8.33. The number of carbonyl (C=O) groups is 2. The zero-order valence-corrected chi connectivity index (χ0v) is 13.7. The van der Waals surface area contributed by atoms with Gasteiger partial charge in [0.2, 0.25) is 5.91 Å². The first kappa shape index (κ1) is 15.8. The van der Waals surface area contributed by atoms with Crippen molar-refractivity contribution in [1.82, 2.24) is 9.80 Å². The van der Waals surface area contributed by atoms with Crippen LogP contribution >= 0.6 is 0 Å². The molecule has 0 aromatic heterocycles. The Labute approximate surface area is 137 Å². The fourth-order valence-corrected chi connectivity index (χ4v) is 3.45. The summed E-state index contributed by atoms with van der Waals surface area (Å²) in [6, 6.07) is 10.4. The molecule has 5 heteroatoms. The molecule has 2 aliphatic rings. The minimum atomic E-state index is -0.258. The van der Waals surface area contributed by atoms with Gasteiger partial charge in [-0.15, -0.1) is 0 Å². The van der Waals surface area contributed by atoms with Gasteiger partial charge in [0.05, 0.1) is 6.61 Å². The van der Waals surface area contributed by atoms with E-state index in [4.69, 9.17) is 4.74 Å². The molecule has 2 fully saturated rings. The molecule has 124 valence electrons. The van der Waals surface area contributed by atoms with E-state index in [9.17, 15) is 9.59 Å². The maximum Gasteiger partial charge on any atom is 0.409 e. The van der Waals surface area contributed by atoms with Crippen LogP contribution in [-0.4, -0.2) is 54.6 Å². The van der Waals surface area contributed by atoms with Gasteiger partial charge >= 0.3 is 6.09 Å². The second-order valence-corrected chi connectivity index (χ2v) is 6.70. The lowest BCUT2D eigenvalue weighted by molar-refractivity contribution is -0.135. The average Bonchev–Trinajstić information content (AvgIpc) is 2.58. The van der Waals surface area contributed by atoms with Crippen molar-refractivity contribution in [3.8, 4) is 0 Å². The van der Waals surface area contributed by atoms with Crippen LogP contribution in [0.3, 0.4) is 0 Å². The average molecular weight is 316 g/mol. The zero-order valence-electron chi connectivity index (χ0n) is 13.7. The summed E-state index contributed by atoms with van der Waals surface area (Å²) in [7, 11) is 0. The predicted molar refractivity (Wildman–Crippen MR) is 87.1 cm³/mol. The number of hydrogen-bond acceptors (Lipinski definition) is 3. The van der Waals surface area contributed by atoms with Gasteiger partial charge in [-0.25, -0.2) is 4.79 Å². The maximum absolute atomic E-state index is 12.3. The monoisotopic (exact) mass is 316 g/mol. The summed E-state index contributed by atoms with van der Waals surface area (Å²) < 4.78 is 5.05. The molecule has 23 heavy (non-hydrogen) atoms. The lowest BCUT2D eigenvalue weighted by Crippen LogP contribution is -2.51. The van der Waals surface area contributed by atoms with Crippen molar-refractivity contribution in [1.29, 1.82) is 0 Å². The summed E-state index contributed by atoms with van der Waals surface area (Å²) in [5, 5.41) is 0. The highest BCUT2D eigenvalue weighted by Gasteiger charge is 2.36. The number of nitrogens with zero attached hydrogens (tertiary/aromatic N) is 2.